The Labute approximate surface area is 129 Å². The number of hydrogen-bond acceptors (Lipinski definition) is 3. The number of nitrogens with one attached hydrogen (secondary N) is 1. The van der Waals surface area contributed by atoms with E-state index in [1.54, 1.807) is 26.0 Å². The van der Waals surface area contributed by atoms with Gasteiger partial charge >= 0.3 is 5.97 Å². The average Bonchev–Trinajstić information content (AvgIpc) is 2.37. The van der Waals surface area contributed by atoms with Gasteiger partial charge in [0.15, 0.2) is 0 Å². The molecule has 0 aliphatic carbocycles. The van der Waals surface area contributed by atoms with Crippen molar-refractivity contribution in [3.8, 4) is 0 Å². The van der Waals surface area contributed by atoms with Crippen molar-refractivity contribution in [1.82, 2.24) is 5.32 Å². The van der Waals surface area contributed by atoms with E-state index in [0.717, 1.165) is 0 Å². The molecule has 2 unspecified atom stereocenters. The fourth-order valence-electron chi connectivity index (χ4n) is 2.31. The van der Waals surface area contributed by atoms with Crippen LogP contribution in [0, 0.1) is 11.7 Å². The standard InChI is InChI=1S/C16H22FNO4/c1-11(7-12-5-4-6-13(17)8-12)15(21)18-16(2,10-22-3)9-14(19)20/h4-6,8,11H,7,9-10H2,1-3H3,(H,18,21)(H,19,20). The van der Waals surface area contributed by atoms with Crippen LogP contribution in [0.25, 0.3) is 0 Å². The molecule has 122 valence electrons. The predicted octanol–water partition coefficient (Wildman–Crippen LogP) is 2.00. The smallest absolute Gasteiger partial charge is 0.305 e. The summed E-state index contributed by atoms with van der Waals surface area (Å²) in [6, 6.07) is 6.07. The SMILES string of the molecule is COCC(C)(CC(=O)O)NC(=O)C(C)Cc1cccc(F)c1. The van der Waals surface area contributed by atoms with E-state index in [0.29, 0.717) is 12.0 Å². The summed E-state index contributed by atoms with van der Waals surface area (Å²) in [5, 5.41) is 11.7. The van der Waals surface area contributed by atoms with Crippen molar-refractivity contribution in [2.45, 2.75) is 32.2 Å². The van der Waals surface area contributed by atoms with Crippen LogP contribution in [0.1, 0.15) is 25.8 Å². The lowest BCUT2D eigenvalue weighted by Gasteiger charge is -2.30. The van der Waals surface area contributed by atoms with Gasteiger partial charge in [-0.05, 0) is 31.0 Å². The number of carbonyl (C=O) groups excluding carboxylic acids is 1. The summed E-state index contributed by atoms with van der Waals surface area (Å²) in [5.74, 6) is -2.06. The number of halogens is 1. The summed E-state index contributed by atoms with van der Waals surface area (Å²) in [4.78, 5) is 23.2. The van der Waals surface area contributed by atoms with Crippen molar-refractivity contribution < 1.29 is 23.8 Å². The molecule has 2 N–H and O–H groups in total. The monoisotopic (exact) mass is 311 g/mol. The lowest BCUT2D eigenvalue weighted by molar-refractivity contribution is -0.140. The average molecular weight is 311 g/mol. The minimum Gasteiger partial charge on any atom is -0.481 e. The highest BCUT2D eigenvalue weighted by molar-refractivity contribution is 5.80. The van der Waals surface area contributed by atoms with E-state index in [2.05, 4.69) is 5.32 Å². The zero-order valence-corrected chi connectivity index (χ0v) is 13.1. The molecule has 22 heavy (non-hydrogen) atoms. The van der Waals surface area contributed by atoms with E-state index in [-0.39, 0.29) is 24.8 Å². The van der Waals surface area contributed by atoms with E-state index < -0.39 is 17.4 Å². The van der Waals surface area contributed by atoms with Crippen LogP contribution < -0.4 is 5.32 Å². The number of ether oxygens (including phenoxy) is 1. The van der Waals surface area contributed by atoms with Crippen molar-refractivity contribution in [1.29, 1.82) is 0 Å². The molecular formula is C16H22FNO4. The fraction of sp³-hybridized carbons (Fsp3) is 0.500. The van der Waals surface area contributed by atoms with E-state index in [4.69, 9.17) is 9.84 Å². The summed E-state index contributed by atoms with van der Waals surface area (Å²) < 4.78 is 18.1. The quantitative estimate of drug-likeness (QED) is 0.770. The predicted molar refractivity (Wildman–Crippen MR) is 79.9 cm³/mol. The molecule has 1 amide bonds. The summed E-state index contributed by atoms with van der Waals surface area (Å²) in [5.41, 5.74) is -0.261. The molecule has 2 atom stereocenters. The number of carboxylic acids is 1. The van der Waals surface area contributed by atoms with E-state index in [9.17, 15) is 14.0 Å². The Morgan fingerprint density at radius 3 is 2.68 bits per heavy atom. The van der Waals surface area contributed by atoms with Gasteiger partial charge in [0.25, 0.3) is 0 Å². The van der Waals surface area contributed by atoms with Gasteiger partial charge in [-0.15, -0.1) is 0 Å². The van der Waals surface area contributed by atoms with E-state index >= 15 is 0 Å². The summed E-state index contributed by atoms with van der Waals surface area (Å²) in [6.07, 6.45) is 0.138. The van der Waals surface area contributed by atoms with Gasteiger partial charge in [-0.3, -0.25) is 9.59 Å². The number of rotatable bonds is 8. The molecule has 0 radical (unpaired) electrons. The van der Waals surface area contributed by atoms with Gasteiger partial charge in [-0.1, -0.05) is 19.1 Å². The Kier molecular flexibility index (Phi) is 6.49. The van der Waals surface area contributed by atoms with Gasteiger partial charge in [-0.25, -0.2) is 4.39 Å². The lowest BCUT2D eigenvalue weighted by atomic mass is 9.95. The molecule has 5 nitrogen and oxygen atoms in total. The van der Waals surface area contributed by atoms with Crippen molar-refractivity contribution >= 4 is 11.9 Å². The van der Waals surface area contributed by atoms with E-state index in [1.165, 1.54) is 19.2 Å². The first-order valence-electron chi connectivity index (χ1n) is 7.03. The number of methoxy groups -OCH3 is 1. The molecule has 1 aromatic carbocycles. The third kappa shape index (κ3) is 5.81. The normalized spacial score (nSPS) is 14.9. The molecule has 0 bridgehead atoms. The molecular weight excluding hydrogens is 289 g/mol. The van der Waals surface area contributed by atoms with Crippen LogP contribution >= 0.6 is 0 Å². The number of carbonyl (C=O) groups is 2. The van der Waals surface area contributed by atoms with Gasteiger partial charge < -0.3 is 15.2 Å². The van der Waals surface area contributed by atoms with Crippen molar-refractivity contribution in [2.75, 3.05) is 13.7 Å². The first-order chi connectivity index (χ1) is 10.3. The highest BCUT2D eigenvalue weighted by Crippen LogP contribution is 2.15. The van der Waals surface area contributed by atoms with Crippen LogP contribution in [0.2, 0.25) is 0 Å². The summed E-state index contributed by atoms with van der Waals surface area (Å²) >= 11 is 0. The molecule has 0 heterocycles. The molecule has 0 saturated heterocycles. The molecule has 6 heteroatoms. The van der Waals surface area contributed by atoms with Crippen LogP contribution in [-0.2, 0) is 20.7 Å². The number of carboxylic acid groups (broad SMARTS) is 1. The first kappa shape index (κ1) is 18.1. The highest BCUT2D eigenvalue weighted by Gasteiger charge is 2.31. The largest absolute Gasteiger partial charge is 0.481 e. The van der Waals surface area contributed by atoms with Crippen LogP contribution in [0.5, 0.6) is 0 Å². The summed E-state index contributed by atoms with van der Waals surface area (Å²) in [6.45, 7) is 3.43. The van der Waals surface area contributed by atoms with Crippen LogP contribution in [0.4, 0.5) is 4.39 Å². The second-order valence-electron chi connectivity index (χ2n) is 5.79. The number of aliphatic carboxylic acids is 1. The molecule has 0 saturated carbocycles. The highest BCUT2D eigenvalue weighted by atomic mass is 19.1. The van der Waals surface area contributed by atoms with Gasteiger partial charge in [0.1, 0.15) is 5.82 Å². The number of benzene rings is 1. The maximum Gasteiger partial charge on any atom is 0.305 e. The maximum atomic E-state index is 13.2. The van der Waals surface area contributed by atoms with Crippen LogP contribution in [0.15, 0.2) is 24.3 Å². The molecule has 1 aromatic rings. The third-order valence-electron chi connectivity index (χ3n) is 3.31. The summed E-state index contributed by atoms with van der Waals surface area (Å²) in [7, 11) is 1.45. The molecule has 0 spiro atoms. The zero-order valence-electron chi connectivity index (χ0n) is 13.1. The second-order valence-corrected chi connectivity index (χ2v) is 5.79. The van der Waals surface area contributed by atoms with Crippen molar-refractivity contribution in [2.24, 2.45) is 5.92 Å². The Bertz CT molecular complexity index is 535. The third-order valence-corrected chi connectivity index (χ3v) is 3.31. The Balaban J connectivity index is 2.70. The van der Waals surface area contributed by atoms with Gasteiger partial charge in [-0.2, -0.15) is 0 Å². The van der Waals surface area contributed by atoms with Gasteiger partial charge in [0.05, 0.1) is 18.6 Å². The lowest BCUT2D eigenvalue weighted by Crippen LogP contribution is -2.52. The minimum absolute atomic E-state index is 0.0950. The van der Waals surface area contributed by atoms with Crippen LogP contribution in [-0.4, -0.2) is 36.2 Å². The van der Waals surface area contributed by atoms with Crippen LogP contribution in [0.3, 0.4) is 0 Å². The number of amides is 1. The Morgan fingerprint density at radius 2 is 2.14 bits per heavy atom. The topological polar surface area (TPSA) is 75.6 Å². The Morgan fingerprint density at radius 1 is 1.45 bits per heavy atom. The van der Waals surface area contributed by atoms with E-state index in [1.807, 2.05) is 0 Å². The van der Waals surface area contributed by atoms with Crippen molar-refractivity contribution in [3.05, 3.63) is 35.6 Å². The second kappa shape index (κ2) is 7.89. The molecule has 1 rings (SSSR count). The Hall–Kier alpha value is -1.95. The zero-order chi connectivity index (χ0) is 16.8. The molecule has 0 aromatic heterocycles. The van der Waals surface area contributed by atoms with Gasteiger partial charge in [0.2, 0.25) is 5.91 Å². The molecule has 0 fully saturated rings. The molecule has 0 aliphatic heterocycles. The maximum absolute atomic E-state index is 13.2. The van der Waals surface area contributed by atoms with Gasteiger partial charge in [0, 0.05) is 13.0 Å². The van der Waals surface area contributed by atoms with Crippen molar-refractivity contribution in [3.63, 3.8) is 0 Å². The molecule has 0 aliphatic rings. The first-order valence-corrected chi connectivity index (χ1v) is 7.03. The minimum atomic E-state index is -1.02. The number of hydrogen-bond donors (Lipinski definition) is 2. The fourth-order valence-corrected chi connectivity index (χ4v) is 2.31.